The molecule has 0 amide bonds. The van der Waals surface area contributed by atoms with Crippen LogP contribution in [0.25, 0.3) is 0 Å². The Balaban J connectivity index is 1.77. The molecule has 0 unspecified atom stereocenters. The third-order valence-corrected chi connectivity index (χ3v) is 4.27. The van der Waals surface area contributed by atoms with Crippen molar-refractivity contribution >= 4 is 23.4 Å². The van der Waals surface area contributed by atoms with Crippen molar-refractivity contribution in [3.63, 3.8) is 0 Å². The van der Waals surface area contributed by atoms with E-state index in [-0.39, 0.29) is 0 Å². The number of aromatic nitrogens is 2. The number of halogens is 1. The van der Waals surface area contributed by atoms with Gasteiger partial charge in [-0.3, -0.25) is 0 Å². The van der Waals surface area contributed by atoms with E-state index in [4.69, 9.17) is 11.6 Å². The molecule has 0 aliphatic heterocycles. The molecule has 0 saturated heterocycles. The fraction of sp³-hybridized carbons (Fsp3) is 0.357. The van der Waals surface area contributed by atoms with E-state index < -0.39 is 0 Å². The second kappa shape index (κ2) is 6.86. The molecule has 0 N–H and O–H groups in total. The number of nitrogens with zero attached hydrogens (tertiary/aromatic N) is 2. The quantitative estimate of drug-likeness (QED) is 0.454. The van der Waals surface area contributed by atoms with Crippen LogP contribution in [0.15, 0.2) is 41.7 Å². The average Bonchev–Trinajstić information content (AvgIpc) is 2.77. The first kappa shape index (κ1) is 13.5. The molecule has 2 rings (SSSR count). The van der Waals surface area contributed by atoms with Gasteiger partial charge in [-0.25, -0.2) is 4.98 Å². The summed E-state index contributed by atoms with van der Waals surface area (Å²) in [5, 5.41) is 1.05. The van der Waals surface area contributed by atoms with E-state index in [9.17, 15) is 0 Å². The molecule has 1 aromatic heterocycles. The van der Waals surface area contributed by atoms with Gasteiger partial charge in [0, 0.05) is 12.8 Å². The lowest BCUT2D eigenvalue weighted by Gasteiger charge is -2.04. The number of alkyl halides is 1. The number of hydrogen-bond donors (Lipinski definition) is 0. The lowest BCUT2D eigenvalue weighted by molar-refractivity contribution is 0.759. The van der Waals surface area contributed by atoms with Crippen LogP contribution in [0, 0.1) is 0 Å². The molecule has 0 fully saturated rings. The van der Waals surface area contributed by atoms with Crippen molar-refractivity contribution in [2.75, 3.05) is 5.75 Å². The molecule has 0 saturated carbocycles. The highest BCUT2D eigenvalue weighted by atomic mass is 35.5. The van der Waals surface area contributed by atoms with Gasteiger partial charge in [-0.1, -0.05) is 42.1 Å². The Bertz CT molecular complexity index is 482. The van der Waals surface area contributed by atoms with Crippen molar-refractivity contribution in [1.29, 1.82) is 0 Å². The smallest absolute Gasteiger partial charge is 0.167 e. The summed E-state index contributed by atoms with van der Waals surface area (Å²) in [5.74, 6) is 1.61. The number of imidazole rings is 1. The van der Waals surface area contributed by atoms with Crippen LogP contribution in [0.4, 0.5) is 0 Å². The molecule has 0 aliphatic rings. The Kier molecular flexibility index (Phi) is 5.14. The molecule has 1 heterocycles. The second-order valence-corrected chi connectivity index (χ2v) is 5.49. The molecule has 2 nitrogen and oxygen atoms in total. The topological polar surface area (TPSA) is 17.8 Å². The van der Waals surface area contributed by atoms with Crippen molar-refractivity contribution in [3.05, 3.63) is 47.8 Å². The van der Waals surface area contributed by atoms with Gasteiger partial charge < -0.3 is 4.57 Å². The zero-order valence-electron chi connectivity index (χ0n) is 10.5. The van der Waals surface area contributed by atoms with Crippen molar-refractivity contribution in [2.24, 2.45) is 7.05 Å². The Labute approximate surface area is 117 Å². The molecule has 96 valence electrons. The summed E-state index contributed by atoms with van der Waals surface area (Å²) in [6.07, 6.45) is 4.14. The zero-order valence-corrected chi connectivity index (χ0v) is 12.0. The van der Waals surface area contributed by atoms with Crippen molar-refractivity contribution < 1.29 is 0 Å². The van der Waals surface area contributed by atoms with Crippen molar-refractivity contribution in [1.82, 2.24) is 9.55 Å². The molecule has 4 heteroatoms. The standard InChI is InChI=1S/C14H17ClN2S/c1-17-13(10-15)11-16-14(17)18-9-5-8-12-6-3-2-4-7-12/h2-4,6-7,11H,5,8-10H2,1H3. The molecule has 18 heavy (non-hydrogen) atoms. The first-order valence-electron chi connectivity index (χ1n) is 6.04. The maximum absolute atomic E-state index is 5.82. The third-order valence-electron chi connectivity index (χ3n) is 2.86. The van der Waals surface area contributed by atoms with Crippen LogP contribution in [-0.2, 0) is 19.3 Å². The highest BCUT2D eigenvalue weighted by molar-refractivity contribution is 7.99. The van der Waals surface area contributed by atoms with Gasteiger partial charge in [0.2, 0.25) is 0 Å². The van der Waals surface area contributed by atoms with Gasteiger partial charge in [0.15, 0.2) is 5.16 Å². The molecule has 0 spiro atoms. The van der Waals surface area contributed by atoms with Gasteiger partial charge in [-0.15, -0.1) is 11.6 Å². The Morgan fingerprint density at radius 3 is 2.72 bits per heavy atom. The number of benzene rings is 1. The minimum absolute atomic E-state index is 0.522. The fourth-order valence-corrected chi connectivity index (χ4v) is 2.93. The normalized spacial score (nSPS) is 10.8. The molecular weight excluding hydrogens is 264 g/mol. The van der Waals surface area contributed by atoms with Gasteiger partial charge in [-0.05, 0) is 18.4 Å². The molecular formula is C14H17ClN2S. The molecule has 0 radical (unpaired) electrons. The van der Waals surface area contributed by atoms with Crippen LogP contribution >= 0.6 is 23.4 Å². The number of rotatable bonds is 6. The SMILES string of the molecule is Cn1c(CCl)cnc1SCCCc1ccccc1. The number of thioether (sulfide) groups is 1. The lowest BCUT2D eigenvalue weighted by Crippen LogP contribution is -1.96. The van der Waals surface area contributed by atoms with Crippen LogP contribution in [0.2, 0.25) is 0 Å². The molecule has 0 aliphatic carbocycles. The van der Waals surface area contributed by atoms with Crippen molar-refractivity contribution in [3.8, 4) is 0 Å². The van der Waals surface area contributed by atoms with E-state index in [0.717, 1.165) is 29.4 Å². The average molecular weight is 281 g/mol. The van der Waals surface area contributed by atoms with E-state index in [1.165, 1.54) is 5.56 Å². The highest BCUT2D eigenvalue weighted by Crippen LogP contribution is 2.19. The predicted molar refractivity (Wildman–Crippen MR) is 78.3 cm³/mol. The maximum Gasteiger partial charge on any atom is 0.167 e. The van der Waals surface area contributed by atoms with E-state index in [0.29, 0.717) is 5.88 Å². The monoisotopic (exact) mass is 280 g/mol. The predicted octanol–water partition coefficient (Wildman–Crippen LogP) is 3.88. The largest absolute Gasteiger partial charge is 0.325 e. The first-order valence-corrected chi connectivity index (χ1v) is 7.56. The van der Waals surface area contributed by atoms with Gasteiger partial charge in [-0.2, -0.15) is 0 Å². The fourth-order valence-electron chi connectivity index (χ4n) is 1.77. The van der Waals surface area contributed by atoms with E-state index in [1.807, 2.05) is 13.2 Å². The van der Waals surface area contributed by atoms with Crippen LogP contribution in [0.5, 0.6) is 0 Å². The van der Waals surface area contributed by atoms with Gasteiger partial charge in [0.05, 0.1) is 17.8 Å². The van der Waals surface area contributed by atoms with Crippen LogP contribution < -0.4 is 0 Å². The highest BCUT2D eigenvalue weighted by Gasteiger charge is 2.05. The van der Waals surface area contributed by atoms with E-state index >= 15 is 0 Å². The summed E-state index contributed by atoms with van der Waals surface area (Å²) in [7, 11) is 2.02. The summed E-state index contributed by atoms with van der Waals surface area (Å²) >= 11 is 7.61. The van der Waals surface area contributed by atoms with Crippen molar-refractivity contribution in [2.45, 2.75) is 23.9 Å². The van der Waals surface area contributed by atoms with Gasteiger partial charge >= 0.3 is 0 Å². The molecule has 1 aromatic carbocycles. The minimum Gasteiger partial charge on any atom is -0.325 e. The van der Waals surface area contributed by atoms with Crippen LogP contribution in [0.3, 0.4) is 0 Å². The maximum atomic E-state index is 5.82. The summed E-state index contributed by atoms with van der Waals surface area (Å²) < 4.78 is 2.07. The number of aryl methyl sites for hydroxylation is 1. The summed E-state index contributed by atoms with van der Waals surface area (Å²) in [6, 6.07) is 10.6. The van der Waals surface area contributed by atoms with Gasteiger partial charge in [0.1, 0.15) is 0 Å². The Morgan fingerprint density at radius 1 is 1.28 bits per heavy atom. The summed E-state index contributed by atoms with van der Waals surface area (Å²) in [5.41, 5.74) is 2.47. The number of hydrogen-bond acceptors (Lipinski definition) is 2. The first-order chi connectivity index (χ1) is 8.81. The third kappa shape index (κ3) is 3.53. The van der Waals surface area contributed by atoms with Crippen LogP contribution in [0.1, 0.15) is 17.7 Å². The summed E-state index contributed by atoms with van der Waals surface area (Å²) in [4.78, 5) is 4.37. The second-order valence-electron chi connectivity index (χ2n) is 4.16. The zero-order chi connectivity index (χ0) is 12.8. The summed E-state index contributed by atoms with van der Waals surface area (Å²) in [6.45, 7) is 0. The molecule has 2 aromatic rings. The Hall–Kier alpha value is -0.930. The minimum atomic E-state index is 0.522. The van der Waals surface area contributed by atoms with E-state index in [1.54, 1.807) is 11.8 Å². The van der Waals surface area contributed by atoms with Crippen LogP contribution in [-0.4, -0.2) is 15.3 Å². The molecule has 0 atom stereocenters. The Morgan fingerprint density at radius 2 is 2.06 bits per heavy atom. The van der Waals surface area contributed by atoms with E-state index in [2.05, 4.69) is 39.9 Å². The van der Waals surface area contributed by atoms with Gasteiger partial charge in [0.25, 0.3) is 0 Å². The lowest BCUT2D eigenvalue weighted by atomic mass is 10.1. The molecule has 0 bridgehead atoms.